The molecule has 540 valence electrons. The van der Waals surface area contributed by atoms with Crippen molar-refractivity contribution in [2.45, 2.75) is 84.6 Å². The van der Waals surface area contributed by atoms with Crippen molar-refractivity contribution < 1.29 is 4.39 Å². The van der Waals surface area contributed by atoms with Crippen LogP contribution in [0.2, 0.25) is 0 Å². The van der Waals surface area contributed by atoms with Gasteiger partial charge in [0.1, 0.15) is 11.6 Å². The van der Waals surface area contributed by atoms with Gasteiger partial charge in [-0.05, 0) is 220 Å². The average molecular weight is 1420 g/mol. The molecule has 0 radical (unpaired) electrons. The van der Waals surface area contributed by atoms with Crippen molar-refractivity contribution in [3.05, 3.63) is 229 Å². The Morgan fingerprint density at radius 2 is 0.991 bits per heavy atom. The summed E-state index contributed by atoms with van der Waals surface area (Å²) in [7, 11) is 4.36. The fourth-order valence-corrected chi connectivity index (χ4v) is 17.7. The molecule has 1 N–H and O–H groups in total. The van der Waals surface area contributed by atoms with Gasteiger partial charge in [-0.1, -0.05) is 57.2 Å². The SMILES string of the molecule is CC1CCN(C[C@H]2CCN(c3ccc4c(n3)Cn3cc(-c5ccc(C#N)cc5)cc3-c3nccn3-4)C2)CC1.C[C@H]1CN(c2ccc3c(c2)Cn2cc(-c4ccc(C#N)cc4)cc2-c2nccn2-3)C[C@H]1N(C)C.C[C@H]1CN(c2ccc3c(c2)Cn2cc(-c4ccc(F)cc4)cc2-c2nccn2-3)C[C@@H]1CNC1CC1. The predicted octanol–water partition coefficient (Wildman–Crippen LogP) is 15.2. The predicted molar refractivity (Wildman–Crippen MR) is 422 cm³/mol. The lowest BCUT2D eigenvalue weighted by Crippen LogP contribution is -2.37. The quantitative estimate of drug-likeness (QED) is 0.124. The molecule has 7 aromatic heterocycles. The smallest absolute Gasteiger partial charge is 0.161 e. The third-order valence-corrected chi connectivity index (χ3v) is 24.0. The number of likely N-dealkylation sites (N-methyl/N-ethyl adjacent to an activating group) is 1. The lowest BCUT2D eigenvalue weighted by Gasteiger charge is -2.32. The summed E-state index contributed by atoms with van der Waals surface area (Å²) in [5, 5.41) is 22.0. The molecule has 20 rings (SSSR count). The molecule has 0 amide bonds. The molecule has 1 aliphatic carbocycles. The number of aromatic nitrogens is 10. The van der Waals surface area contributed by atoms with Gasteiger partial charge in [-0.15, -0.1) is 0 Å². The van der Waals surface area contributed by atoms with E-state index >= 15 is 0 Å². The Hall–Kier alpha value is -11.1. The van der Waals surface area contributed by atoms with E-state index in [1.54, 1.807) is 0 Å². The van der Waals surface area contributed by atoms with Crippen molar-refractivity contribution in [2.24, 2.45) is 29.6 Å². The standard InChI is InChI=1S/C31H33N7.C29H30FN5.C28H28N6/c1-22-8-12-35(13-9-22)18-24-10-14-36(19-24)30-7-6-28-27(34-30)21-37-20-26(25-4-2-23(17-32)3-5-25)16-29(37)31-33-11-15-38(28)31;1-19-15-33(18-23(19)14-32-25-6-7-25)26-8-9-27-22(12-26)17-34-16-21(20-2-4-24(30)5-3-20)13-28(34)29-31-10-11-35(27)29;1-19-15-32(18-27(19)31(2)3)24-8-9-25-23(12-24)17-33-16-22(21-6-4-20(14-29)5-7-21)13-26(33)28-30-10-11-34(25)28/h2-7,11,15-16,20,22,24H,8-10,12-14,18-19,21H2,1H3;2-5,8-13,16,19,23,25,32H,6-7,14-15,17-18H2,1H3;4-13,16,19,27H,15,17-18H2,1-3H3/t24-;19-,23-;19-,27+/m100/s1. The molecule has 5 fully saturated rings. The van der Waals surface area contributed by atoms with Crippen molar-refractivity contribution in [1.29, 1.82) is 10.5 Å². The third kappa shape index (κ3) is 13.4. The lowest BCUT2D eigenvalue weighted by molar-refractivity contribution is 0.171. The second kappa shape index (κ2) is 28.3. The van der Waals surface area contributed by atoms with Gasteiger partial charge in [0, 0.05) is 161 Å². The number of benzene rings is 5. The second-order valence-electron chi connectivity index (χ2n) is 31.6. The fraction of sp³-hybridized carbons (Fsp3) is 0.341. The van der Waals surface area contributed by atoms with E-state index < -0.39 is 0 Å². The molecule has 12 aromatic rings. The summed E-state index contributed by atoms with van der Waals surface area (Å²) < 4.78 is 26.9. The van der Waals surface area contributed by atoms with Crippen molar-refractivity contribution in [1.82, 2.24) is 62.5 Å². The van der Waals surface area contributed by atoms with Crippen LogP contribution in [0.15, 0.2) is 195 Å². The van der Waals surface area contributed by atoms with Crippen molar-refractivity contribution in [3.63, 3.8) is 0 Å². The largest absolute Gasteiger partial charge is 0.371 e. The highest BCUT2D eigenvalue weighted by molar-refractivity contribution is 5.76. The number of hydrogen-bond donors (Lipinski definition) is 1. The average Bonchev–Trinajstić information content (AvgIpc) is 1.62. The van der Waals surface area contributed by atoms with Gasteiger partial charge in [0.2, 0.25) is 0 Å². The number of hydrogen-bond acceptors (Lipinski definition) is 12. The third-order valence-electron chi connectivity index (χ3n) is 24.0. The summed E-state index contributed by atoms with van der Waals surface area (Å²) in [4.78, 5) is 32.0. The van der Waals surface area contributed by atoms with Gasteiger partial charge in [0.05, 0.1) is 69.6 Å². The summed E-state index contributed by atoms with van der Waals surface area (Å²) in [5.41, 5.74) is 20.9. The molecule has 1 saturated carbocycles. The summed E-state index contributed by atoms with van der Waals surface area (Å²) in [6.45, 7) is 20.8. The molecule has 5 aromatic carbocycles. The molecular weight excluding hydrogens is 1330 g/mol. The summed E-state index contributed by atoms with van der Waals surface area (Å²) in [6, 6.07) is 52.7. The van der Waals surface area contributed by atoms with Crippen LogP contribution in [-0.4, -0.2) is 149 Å². The molecule has 0 bridgehead atoms. The minimum Gasteiger partial charge on any atom is -0.371 e. The van der Waals surface area contributed by atoms with Gasteiger partial charge in [-0.2, -0.15) is 10.5 Å². The number of rotatable bonds is 12. The van der Waals surface area contributed by atoms with E-state index in [1.807, 2.05) is 91.6 Å². The molecule has 0 unspecified atom stereocenters. The van der Waals surface area contributed by atoms with Crippen LogP contribution in [-0.2, 0) is 19.6 Å². The van der Waals surface area contributed by atoms with Gasteiger partial charge in [0.15, 0.2) is 17.5 Å². The van der Waals surface area contributed by atoms with Crippen LogP contribution in [0.3, 0.4) is 0 Å². The Balaban J connectivity index is 0.000000114. The zero-order chi connectivity index (χ0) is 72.6. The number of fused-ring (bicyclic) bond motifs is 15. The van der Waals surface area contributed by atoms with Gasteiger partial charge < -0.3 is 43.5 Å². The number of pyridine rings is 1. The number of nitrogens with zero attached hydrogens (tertiary/aromatic N) is 17. The van der Waals surface area contributed by atoms with E-state index in [4.69, 9.17) is 30.5 Å². The maximum atomic E-state index is 13.5. The number of anilines is 3. The molecule has 107 heavy (non-hydrogen) atoms. The normalized spacial score (nSPS) is 19.7. The molecule has 5 atom stereocenters. The number of halogens is 1. The summed E-state index contributed by atoms with van der Waals surface area (Å²) in [6.07, 6.45) is 24.9. The minimum atomic E-state index is -0.215. The highest BCUT2D eigenvalue weighted by Gasteiger charge is 2.36. The molecule has 14 heterocycles. The molecule has 18 nitrogen and oxygen atoms in total. The number of imidazole rings is 3. The van der Waals surface area contributed by atoms with Gasteiger partial charge in [0.25, 0.3) is 0 Å². The monoisotopic (exact) mass is 1420 g/mol. The van der Waals surface area contributed by atoms with E-state index in [-0.39, 0.29) is 5.82 Å². The summed E-state index contributed by atoms with van der Waals surface area (Å²) in [5.74, 6) is 7.31. The number of likely N-dealkylation sites (tertiary alicyclic amines) is 1. The highest BCUT2D eigenvalue weighted by Crippen LogP contribution is 2.41. The van der Waals surface area contributed by atoms with Crippen LogP contribution in [0.1, 0.15) is 80.8 Å². The first kappa shape index (κ1) is 67.8. The summed E-state index contributed by atoms with van der Waals surface area (Å²) >= 11 is 0. The second-order valence-corrected chi connectivity index (χ2v) is 31.6. The van der Waals surface area contributed by atoms with Crippen LogP contribution in [0.5, 0.6) is 0 Å². The minimum absolute atomic E-state index is 0.215. The Morgan fingerprint density at radius 3 is 1.50 bits per heavy atom. The number of piperidine rings is 1. The first-order chi connectivity index (χ1) is 52.3. The van der Waals surface area contributed by atoms with E-state index in [2.05, 4.69) is 196 Å². The Labute approximate surface area is 625 Å². The van der Waals surface area contributed by atoms with Crippen molar-refractivity contribution in [3.8, 4) is 97.1 Å². The van der Waals surface area contributed by atoms with E-state index in [0.29, 0.717) is 41.5 Å². The van der Waals surface area contributed by atoms with Crippen LogP contribution < -0.4 is 20.0 Å². The first-order valence-corrected chi connectivity index (χ1v) is 38.4. The first-order valence-electron chi connectivity index (χ1n) is 38.4. The molecule has 7 aliphatic heterocycles. The van der Waals surface area contributed by atoms with E-state index in [1.165, 1.54) is 97.7 Å². The van der Waals surface area contributed by atoms with Crippen LogP contribution in [0.4, 0.5) is 21.6 Å². The highest BCUT2D eigenvalue weighted by atomic mass is 19.1. The zero-order valence-corrected chi connectivity index (χ0v) is 61.7. The van der Waals surface area contributed by atoms with Crippen LogP contribution in [0.25, 0.3) is 85.0 Å². The molecule has 8 aliphatic rings. The van der Waals surface area contributed by atoms with Crippen molar-refractivity contribution >= 4 is 17.2 Å². The van der Waals surface area contributed by atoms with Gasteiger partial charge >= 0.3 is 0 Å². The molecular formula is C88H91FN18. The molecule has 19 heteroatoms. The van der Waals surface area contributed by atoms with E-state index in [9.17, 15) is 4.39 Å². The van der Waals surface area contributed by atoms with Crippen molar-refractivity contribution in [2.75, 3.05) is 94.2 Å². The Kier molecular flexibility index (Phi) is 17.9. The number of nitrogens with one attached hydrogen (secondary N) is 1. The lowest BCUT2D eigenvalue weighted by atomic mass is 9.98. The maximum absolute atomic E-state index is 13.5. The molecule has 0 spiro atoms. The maximum Gasteiger partial charge on any atom is 0.161 e. The van der Waals surface area contributed by atoms with Crippen LogP contribution >= 0.6 is 0 Å². The molecule has 4 saturated heterocycles. The van der Waals surface area contributed by atoms with Gasteiger partial charge in [-0.3, -0.25) is 13.7 Å². The fourth-order valence-electron chi connectivity index (χ4n) is 17.7. The Morgan fingerprint density at radius 1 is 0.495 bits per heavy atom. The Bertz CT molecular complexity index is 5330. The number of nitriles is 2. The zero-order valence-electron chi connectivity index (χ0n) is 61.7. The van der Waals surface area contributed by atoms with E-state index in [0.717, 1.165) is 162 Å². The topological polar surface area (TPSA) is 157 Å². The van der Waals surface area contributed by atoms with Crippen LogP contribution in [0, 0.1) is 58.1 Å². The van der Waals surface area contributed by atoms with Gasteiger partial charge in [-0.25, -0.2) is 24.3 Å².